The van der Waals surface area contributed by atoms with E-state index in [0.29, 0.717) is 19.5 Å². The fourth-order valence-electron chi connectivity index (χ4n) is 3.31. The highest BCUT2D eigenvalue weighted by atomic mass is 32.1. The van der Waals surface area contributed by atoms with E-state index in [2.05, 4.69) is 17.6 Å². The Morgan fingerprint density at radius 1 is 1.38 bits per heavy atom. The van der Waals surface area contributed by atoms with E-state index in [1.54, 1.807) is 11.3 Å². The molecule has 4 nitrogen and oxygen atoms in total. The van der Waals surface area contributed by atoms with Crippen molar-refractivity contribution in [1.29, 1.82) is 0 Å². The van der Waals surface area contributed by atoms with Crippen LogP contribution in [0.5, 0.6) is 0 Å². The number of hydrogen-bond donors (Lipinski definition) is 1. The van der Waals surface area contributed by atoms with Gasteiger partial charge in [0.2, 0.25) is 5.91 Å². The molecule has 2 aliphatic rings. The smallest absolute Gasteiger partial charge is 0.254 e. The van der Waals surface area contributed by atoms with Crippen LogP contribution in [0.1, 0.15) is 28.8 Å². The van der Waals surface area contributed by atoms with Crippen LogP contribution in [0.4, 0.5) is 0 Å². The van der Waals surface area contributed by atoms with Gasteiger partial charge < -0.3 is 10.2 Å². The maximum Gasteiger partial charge on any atom is 0.254 e. The first-order chi connectivity index (χ1) is 10.1. The number of rotatable bonds is 1. The number of fused-ring (bicyclic) bond motifs is 1. The Kier molecular flexibility index (Phi) is 2.63. The number of aryl methyl sites for hydroxylation is 1. The van der Waals surface area contributed by atoms with Gasteiger partial charge in [0.15, 0.2) is 0 Å². The molecule has 0 aliphatic carbocycles. The predicted octanol–water partition coefficient (Wildman–Crippen LogP) is 2.31. The van der Waals surface area contributed by atoms with E-state index >= 15 is 0 Å². The third kappa shape index (κ3) is 1.95. The Morgan fingerprint density at radius 2 is 2.19 bits per heavy atom. The summed E-state index contributed by atoms with van der Waals surface area (Å²) in [4.78, 5) is 25.7. The summed E-state index contributed by atoms with van der Waals surface area (Å²) in [6.45, 7) is 3.34. The number of likely N-dealkylation sites (tertiary alicyclic amines) is 1. The monoisotopic (exact) mass is 300 g/mol. The summed E-state index contributed by atoms with van der Waals surface area (Å²) in [6.07, 6.45) is 1.43. The molecule has 0 unspecified atom stereocenters. The fraction of sp³-hybridized carbons (Fsp3) is 0.375. The molecule has 3 heterocycles. The highest BCUT2D eigenvalue weighted by Crippen LogP contribution is 2.32. The average Bonchev–Trinajstić information content (AvgIpc) is 3.00. The van der Waals surface area contributed by atoms with Crippen molar-refractivity contribution in [3.05, 3.63) is 34.7 Å². The lowest BCUT2D eigenvalue weighted by atomic mass is 9.87. The zero-order valence-electron chi connectivity index (χ0n) is 11.8. The number of hydrogen-bond acceptors (Lipinski definition) is 3. The maximum absolute atomic E-state index is 12.5. The van der Waals surface area contributed by atoms with Crippen molar-refractivity contribution < 1.29 is 9.59 Å². The molecule has 2 amide bonds. The van der Waals surface area contributed by atoms with E-state index in [0.717, 1.165) is 17.4 Å². The molecule has 4 rings (SSSR count). The van der Waals surface area contributed by atoms with Gasteiger partial charge in [-0.1, -0.05) is 0 Å². The molecule has 0 saturated carbocycles. The molecule has 1 aromatic carbocycles. The van der Waals surface area contributed by atoms with Crippen LogP contribution in [0.3, 0.4) is 0 Å². The van der Waals surface area contributed by atoms with Crippen LogP contribution in [0, 0.1) is 6.92 Å². The van der Waals surface area contributed by atoms with E-state index in [4.69, 9.17) is 0 Å². The molecule has 0 atom stereocenters. The van der Waals surface area contributed by atoms with E-state index < -0.39 is 0 Å². The van der Waals surface area contributed by atoms with Crippen molar-refractivity contribution in [2.24, 2.45) is 0 Å². The maximum atomic E-state index is 12.5. The summed E-state index contributed by atoms with van der Waals surface area (Å²) in [5.74, 6) is 0.173. The molecule has 1 spiro atoms. The molecular weight excluding hydrogens is 284 g/mol. The van der Waals surface area contributed by atoms with E-state index in [-0.39, 0.29) is 17.4 Å². The predicted molar refractivity (Wildman–Crippen MR) is 82.6 cm³/mol. The van der Waals surface area contributed by atoms with Gasteiger partial charge >= 0.3 is 0 Å². The Balaban J connectivity index is 1.55. The standard InChI is InChI=1S/C16H16N2O2S/c1-10-7-21-13-3-2-11(6-12(10)13)15(20)18-8-16(9-18)5-4-14(19)17-16/h2-3,6-7H,4-5,8-9H2,1H3,(H,17,19). The minimum absolute atomic E-state index is 0.0641. The third-order valence-electron chi connectivity index (χ3n) is 4.52. The van der Waals surface area contributed by atoms with Crippen LogP contribution in [0.15, 0.2) is 23.6 Å². The summed E-state index contributed by atoms with van der Waals surface area (Å²) < 4.78 is 1.21. The molecule has 2 fully saturated rings. The van der Waals surface area contributed by atoms with Gasteiger partial charge in [-0.15, -0.1) is 11.3 Å². The van der Waals surface area contributed by atoms with Crippen LogP contribution in [-0.2, 0) is 4.79 Å². The second-order valence-electron chi connectivity index (χ2n) is 6.12. The van der Waals surface area contributed by atoms with Crippen molar-refractivity contribution in [2.75, 3.05) is 13.1 Å². The van der Waals surface area contributed by atoms with Crippen LogP contribution in [0.2, 0.25) is 0 Å². The minimum atomic E-state index is -0.144. The molecular formula is C16H16N2O2S. The van der Waals surface area contributed by atoms with E-state index in [1.807, 2.05) is 23.1 Å². The van der Waals surface area contributed by atoms with Crippen molar-refractivity contribution in [1.82, 2.24) is 10.2 Å². The van der Waals surface area contributed by atoms with Gasteiger partial charge in [-0.05, 0) is 47.9 Å². The Bertz CT molecular complexity index is 759. The van der Waals surface area contributed by atoms with Gasteiger partial charge in [0.25, 0.3) is 5.91 Å². The first kappa shape index (κ1) is 12.8. The number of thiophene rings is 1. The SMILES string of the molecule is Cc1csc2ccc(C(=O)N3CC4(CCC(=O)N4)C3)cc12. The van der Waals surface area contributed by atoms with Crippen molar-refractivity contribution in [3.63, 3.8) is 0 Å². The van der Waals surface area contributed by atoms with Gasteiger partial charge in [0, 0.05) is 29.8 Å². The van der Waals surface area contributed by atoms with Crippen molar-refractivity contribution in [2.45, 2.75) is 25.3 Å². The summed E-state index contributed by atoms with van der Waals surface area (Å²) in [5, 5.41) is 6.29. The number of carbonyl (C=O) groups excluding carboxylic acids is 2. The zero-order valence-corrected chi connectivity index (χ0v) is 12.6. The lowest BCUT2D eigenvalue weighted by molar-refractivity contribution is -0.120. The van der Waals surface area contributed by atoms with Crippen LogP contribution in [-0.4, -0.2) is 35.3 Å². The lowest BCUT2D eigenvalue weighted by Gasteiger charge is -2.47. The first-order valence-corrected chi connectivity index (χ1v) is 8.02. The quantitative estimate of drug-likeness (QED) is 0.878. The zero-order chi connectivity index (χ0) is 14.6. The first-order valence-electron chi connectivity index (χ1n) is 7.15. The summed E-state index contributed by atoms with van der Waals surface area (Å²) in [5.41, 5.74) is 1.81. The Hall–Kier alpha value is -1.88. The highest BCUT2D eigenvalue weighted by Gasteiger charge is 2.49. The largest absolute Gasteiger partial charge is 0.347 e. The number of nitrogens with one attached hydrogen (secondary N) is 1. The van der Waals surface area contributed by atoms with Crippen LogP contribution >= 0.6 is 11.3 Å². The summed E-state index contributed by atoms with van der Waals surface area (Å²) in [6, 6.07) is 5.91. The Morgan fingerprint density at radius 3 is 2.90 bits per heavy atom. The van der Waals surface area contributed by atoms with Gasteiger partial charge in [-0.3, -0.25) is 9.59 Å². The third-order valence-corrected chi connectivity index (χ3v) is 5.60. The number of nitrogens with zero attached hydrogens (tertiary/aromatic N) is 1. The van der Waals surface area contributed by atoms with Gasteiger partial charge in [0.05, 0.1) is 5.54 Å². The van der Waals surface area contributed by atoms with Gasteiger partial charge in [0.1, 0.15) is 0 Å². The molecule has 108 valence electrons. The highest BCUT2D eigenvalue weighted by molar-refractivity contribution is 7.17. The number of amides is 2. The van der Waals surface area contributed by atoms with E-state index in [1.165, 1.54) is 10.3 Å². The topological polar surface area (TPSA) is 49.4 Å². The number of benzene rings is 1. The molecule has 2 aromatic rings. The molecule has 0 radical (unpaired) electrons. The van der Waals surface area contributed by atoms with Crippen molar-refractivity contribution >= 4 is 33.2 Å². The molecule has 1 aromatic heterocycles. The summed E-state index contributed by atoms with van der Waals surface area (Å²) in [7, 11) is 0. The van der Waals surface area contributed by atoms with Gasteiger partial charge in [-0.25, -0.2) is 0 Å². The fourth-order valence-corrected chi connectivity index (χ4v) is 4.23. The van der Waals surface area contributed by atoms with Crippen LogP contribution in [0.25, 0.3) is 10.1 Å². The normalized spacial score (nSPS) is 19.9. The molecule has 1 N–H and O–H groups in total. The minimum Gasteiger partial charge on any atom is -0.347 e. The molecule has 2 aliphatic heterocycles. The second kappa shape index (κ2) is 4.31. The van der Waals surface area contributed by atoms with Gasteiger partial charge in [-0.2, -0.15) is 0 Å². The Labute approximate surface area is 126 Å². The van der Waals surface area contributed by atoms with E-state index in [9.17, 15) is 9.59 Å². The molecule has 2 saturated heterocycles. The van der Waals surface area contributed by atoms with Crippen LogP contribution < -0.4 is 5.32 Å². The average molecular weight is 300 g/mol. The molecule has 21 heavy (non-hydrogen) atoms. The molecule has 0 bridgehead atoms. The summed E-state index contributed by atoms with van der Waals surface area (Å²) >= 11 is 1.71. The molecule has 5 heteroatoms. The second-order valence-corrected chi connectivity index (χ2v) is 7.03. The van der Waals surface area contributed by atoms with Crippen molar-refractivity contribution in [3.8, 4) is 0 Å². The lowest BCUT2D eigenvalue weighted by Crippen LogP contribution is -2.68. The number of carbonyl (C=O) groups is 2.